The van der Waals surface area contributed by atoms with Gasteiger partial charge in [0.2, 0.25) is 5.88 Å². The van der Waals surface area contributed by atoms with Crippen LogP contribution in [0.5, 0.6) is 11.9 Å². The van der Waals surface area contributed by atoms with Crippen LogP contribution in [0.4, 0.5) is 0 Å². The van der Waals surface area contributed by atoms with Crippen molar-refractivity contribution in [3.05, 3.63) is 17.8 Å². The first kappa shape index (κ1) is 9.45. The molecule has 1 aliphatic rings. The van der Waals surface area contributed by atoms with Crippen LogP contribution >= 0.6 is 0 Å². The van der Waals surface area contributed by atoms with Crippen LogP contribution in [0.2, 0.25) is 0 Å². The standard InChI is InChI=1S/C11H13N3O2/c1-7-4-9-5-10(16-6-8-2-3-8)13-14(9)11(15)12-7/h4-5,8H,2-3,6H2,1H3,(H,12,15). The van der Waals surface area contributed by atoms with Crippen LogP contribution in [0, 0.1) is 12.8 Å². The predicted molar refractivity (Wildman–Crippen MR) is 57.6 cm³/mol. The summed E-state index contributed by atoms with van der Waals surface area (Å²) in [5.74, 6) is 1.24. The maximum absolute atomic E-state index is 9.59. The molecule has 2 aromatic heterocycles. The fourth-order valence-electron chi connectivity index (χ4n) is 1.65. The SMILES string of the molecule is Cc1cc2cc(OCC3CC3)nn2c(O)n1. The zero-order valence-electron chi connectivity index (χ0n) is 9.05. The first-order valence-electron chi connectivity index (χ1n) is 5.41. The first-order valence-corrected chi connectivity index (χ1v) is 5.41. The van der Waals surface area contributed by atoms with Crippen LogP contribution in [0.3, 0.4) is 0 Å². The van der Waals surface area contributed by atoms with Crippen LogP contribution in [0.25, 0.3) is 5.52 Å². The Morgan fingerprint density at radius 1 is 1.50 bits per heavy atom. The molecular formula is C11H13N3O2. The molecule has 0 atom stereocenters. The number of nitrogens with zero attached hydrogens (tertiary/aromatic N) is 3. The molecule has 1 fully saturated rings. The lowest BCUT2D eigenvalue weighted by molar-refractivity contribution is 0.285. The van der Waals surface area contributed by atoms with Gasteiger partial charge in [-0.15, -0.1) is 5.10 Å². The second kappa shape index (κ2) is 3.37. The number of rotatable bonds is 3. The Morgan fingerprint density at radius 2 is 2.31 bits per heavy atom. The van der Waals surface area contributed by atoms with Gasteiger partial charge >= 0.3 is 6.01 Å². The summed E-state index contributed by atoms with van der Waals surface area (Å²) in [5, 5.41) is 13.7. The lowest BCUT2D eigenvalue weighted by Gasteiger charge is -1.98. The van der Waals surface area contributed by atoms with E-state index in [9.17, 15) is 5.11 Å². The van der Waals surface area contributed by atoms with Gasteiger partial charge in [0, 0.05) is 11.8 Å². The van der Waals surface area contributed by atoms with E-state index in [0.717, 1.165) is 17.8 Å². The van der Waals surface area contributed by atoms with Gasteiger partial charge in [-0.05, 0) is 31.7 Å². The molecule has 0 radical (unpaired) electrons. The molecule has 0 unspecified atom stereocenters. The minimum atomic E-state index is -0.101. The fourth-order valence-corrected chi connectivity index (χ4v) is 1.65. The minimum Gasteiger partial charge on any atom is -0.479 e. The maximum Gasteiger partial charge on any atom is 0.315 e. The summed E-state index contributed by atoms with van der Waals surface area (Å²) >= 11 is 0. The molecule has 0 spiro atoms. The molecular weight excluding hydrogens is 206 g/mol. The largest absolute Gasteiger partial charge is 0.479 e. The topological polar surface area (TPSA) is 59.7 Å². The molecule has 1 aliphatic carbocycles. The predicted octanol–water partition coefficient (Wildman–Crippen LogP) is 1.53. The first-order chi connectivity index (χ1) is 7.72. The number of aryl methyl sites for hydroxylation is 1. The van der Waals surface area contributed by atoms with E-state index in [1.807, 2.05) is 19.1 Å². The molecule has 16 heavy (non-hydrogen) atoms. The molecule has 84 valence electrons. The molecule has 0 saturated heterocycles. The molecule has 5 nitrogen and oxygen atoms in total. The monoisotopic (exact) mass is 219 g/mol. The molecule has 1 saturated carbocycles. The second-order valence-electron chi connectivity index (χ2n) is 4.27. The lowest BCUT2D eigenvalue weighted by Crippen LogP contribution is -1.99. The summed E-state index contributed by atoms with van der Waals surface area (Å²) in [6.07, 6.45) is 2.50. The van der Waals surface area contributed by atoms with Crippen molar-refractivity contribution in [2.45, 2.75) is 19.8 Å². The van der Waals surface area contributed by atoms with E-state index < -0.39 is 0 Å². The highest BCUT2D eigenvalue weighted by atomic mass is 16.5. The van der Waals surface area contributed by atoms with Gasteiger partial charge in [-0.25, -0.2) is 4.98 Å². The van der Waals surface area contributed by atoms with Crippen LogP contribution < -0.4 is 4.74 Å². The average molecular weight is 219 g/mol. The van der Waals surface area contributed by atoms with E-state index in [-0.39, 0.29) is 6.01 Å². The molecule has 0 aliphatic heterocycles. The number of ether oxygens (including phenoxy) is 1. The normalized spacial score (nSPS) is 15.6. The van der Waals surface area contributed by atoms with Gasteiger partial charge in [-0.2, -0.15) is 4.52 Å². The van der Waals surface area contributed by atoms with Gasteiger partial charge in [0.1, 0.15) is 0 Å². The zero-order chi connectivity index (χ0) is 11.1. The van der Waals surface area contributed by atoms with Gasteiger partial charge in [-0.3, -0.25) is 0 Å². The molecule has 0 aromatic carbocycles. The van der Waals surface area contributed by atoms with Crippen LogP contribution in [0.15, 0.2) is 12.1 Å². The van der Waals surface area contributed by atoms with Crippen molar-refractivity contribution in [1.29, 1.82) is 0 Å². The number of aromatic hydroxyl groups is 1. The Bertz CT molecular complexity index is 531. The van der Waals surface area contributed by atoms with Crippen molar-refractivity contribution < 1.29 is 9.84 Å². The molecule has 2 aromatic rings. The number of hydrogen-bond acceptors (Lipinski definition) is 4. The van der Waals surface area contributed by atoms with Crippen molar-refractivity contribution >= 4 is 5.52 Å². The number of fused-ring (bicyclic) bond motifs is 1. The fraction of sp³-hybridized carbons (Fsp3) is 0.455. The van der Waals surface area contributed by atoms with Crippen molar-refractivity contribution in [3.8, 4) is 11.9 Å². The number of hydrogen-bond donors (Lipinski definition) is 1. The highest BCUT2D eigenvalue weighted by Gasteiger charge is 2.22. The maximum atomic E-state index is 9.59. The lowest BCUT2D eigenvalue weighted by atomic mass is 10.4. The van der Waals surface area contributed by atoms with Crippen LogP contribution in [-0.4, -0.2) is 26.3 Å². The van der Waals surface area contributed by atoms with Gasteiger partial charge in [0.05, 0.1) is 12.1 Å². The Morgan fingerprint density at radius 3 is 3.06 bits per heavy atom. The second-order valence-corrected chi connectivity index (χ2v) is 4.27. The van der Waals surface area contributed by atoms with Crippen molar-refractivity contribution in [1.82, 2.24) is 14.6 Å². The van der Waals surface area contributed by atoms with E-state index in [0.29, 0.717) is 11.8 Å². The van der Waals surface area contributed by atoms with Crippen molar-refractivity contribution in [2.75, 3.05) is 6.61 Å². The highest BCUT2D eigenvalue weighted by Crippen LogP contribution is 2.29. The zero-order valence-corrected chi connectivity index (χ0v) is 9.05. The van der Waals surface area contributed by atoms with Crippen LogP contribution in [-0.2, 0) is 0 Å². The van der Waals surface area contributed by atoms with Gasteiger partial charge < -0.3 is 9.84 Å². The van der Waals surface area contributed by atoms with E-state index in [1.54, 1.807) is 0 Å². The molecule has 3 rings (SSSR count). The third kappa shape index (κ3) is 1.68. The van der Waals surface area contributed by atoms with Gasteiger partial charge in [0.25, 0.3) is 0 Å². The molecule has 2 heterocycles. The minimum absolute atomic E-state index is 0.101. The summed E-state index contributed by atoms with van der Waals surface area (Å²) in [5.41, 5.74) is 1.56. The Labute approximate surface area is 92.7 Å². The summed E-state index contributed by atoms with van der Waals surface area (Å²) < 4.78 is 6.92. The van der Waals surface area contributed by atoms with E-state index >= 15 is 0 Å². The van der Waals surface area contributed by atoms with E-state index in [1.165, 1.54) is 17.4 Å². The summed E-state index contributed by atoms with van der Waals surface area (Å²) in [4.78, 5) is 3.92. The quantitative estimate of drug-likeness (QED) is 0.850. The van der Waals surface area contributed by atoms with Crippen molar-refractivity contribution in [3.63, 3.8) is 0 Å². The van der Waals surface area contributed by atoms with Gasteiger partial charge in [0.15, 0.2) is 0 Å². The smallest absolute Gasteiger partial charge is 0.315 e. The third-order valence-corrected chi connectivity index (χ3v) is 2.70. The average Bonchev–Trinajstić information content (AvgIpc) is 2.96. The van der Waals surface area contributed by atoms with Crippen molar-refractivity contribution in [2.24, 2.45) is 5.92 Å². The Hall–Kier alpha value is -1.78. The van der Waals surface area contributed by atoms with Gasteiger partial charge in [-0.1, -0.05) is 0 Å². The summed E-state index contributed by atoms with van der Waals surface area (Å²) in [6, 6.07) is 3.57. The number of aromatic nitrogens is 3. The Balaban J connectivity index is 1.91. The highest BCUT2D eigenvalue weighted by molar-refractivity contribution is 5.51. The Kier molecular flexibility index (Phi) is 1.99. The summed E-state index contributed by atoms with van der Waals surface area (Å²) in [6.45, 7) is 2.55. The van der Waals surface area contributed by atoms with E-state index in [4.69, 9.17) is 4.74 Å². The summed E-state index contributed by atoms with van der Waals surface area (Å²) in [7, 11) is 0. The molecule has 0 bridgehead atoms. The molecule has 0 amide bonds. The molecule has 5 heteroatoms. The molecule has 1 N–H and O–H groups in total. The van der Waals surface area contributed by atoms with Crippen LogP contribution in [0.1, 0.15) is 18.5 Å². The van der Waals surface area contributed by atoms with E-state index in [2.05, 4.69) is 10.1 Å². The third-order valence-electron chi connectivity index (χ3n) is 2.70.